The van der Waals surface area contributed by atoms with Crippen LogP contribution >= 0.6 is 0 Å². The van der Waals surface area contributed by atoms with Gasteiger partial charge in [0.15, 0.2) is 0 Å². The van der Waals surface area contributed by atoms with Crippen molar-refractivity contribution in [3.63, 3.8) is 0 Å². The number of non-ortho nitro benzene ring substituents is 1. The Morgan fingerprint density at radius 2 is 1.79 bits per heavy atom. The minimum absolute atomic E-state index is 0.0412. The zero-order chi connectivity index (χ0) is 24.2. The molecular formula is C22H26N4O6S. The van der Waals surface area contributed by atoms with E-state index < -0.39 is 27.4 Å². The van der Waals surface area contributed by atoms with Gasteiger partial charge in [0.2, 0.25) is 15.9 Å². The molecule has 0 radical (unpaired) electrons. The molecule has 0 atom stereocenters. The molecule has 0 aliphatic carbocycles. The molecule has 1 heterocycles. The second kappa shape index (κ2) is 9.99. The molecule has 1 N–H and O–H groups in total. The van der Waals surface area contributed by atoms with Gasteiger partial charge < -0.3 is 10.2 Å². The topological polar surface area (TPSA) is 130 Å². The van der Waals surface area contributed by atoms with Gasteiger partial charge in [-0.15, -0.1) is 0 Å². The first-order valence-corrected chi connectivity index (χ1v) is 12.3. The van der Waals surface area contributed by atoms with Crippen LogP contribution in [0, 0.1) is 17.0 Å². The molecule has 1 saturated heterocycles. The average Bonchev–Trinajstić information content (AvgIpc) is 2.77. The Hall–Kier alpha value is -3.47. The van der Waals surface area contributed by atoms with Crippen molar-refractivity contribution in [2.45, 2.75) is 26.2 Å². The molecule has 0 bridgehead atoms. The molecule has 11 heteroatoms. The molecule has 176 valence electrons. The summed E-state index contributed by atoms with van der Waals surface area (Å²) in [7, 11) is -3.94. The number of nitrogens with one attached hydrogen (secondary N) is 1. The molecule has 0 spiro atoms. The summed E-state index contributed by atoms with van der Waals surface area (Å²) in [6.45, 7) is 2.29. The minimum atomic E-state index is -3.94. The largest absolute Gasteiger partial charge is 0.339 e. The first-order valence-electron chi connectivity index (χ1n) is 10.5. The van der Waals surface area contributed by atoms with E-state index in [0.717, 1.165) is 35.9 Å². The summed E-state index contributed by atoms with van der Waals surface area (Å²) < 4.78 is 25.7. The second-order valence-corrected chi connectivity index (χ2v) is 9.85. The van der Waals surface area contributed by atoms with Gasteiger partial charge >= 0.3 is 0 Å². The molecule has 0 unspecified atom stereocenters. The lowest BCUT2D eigenvalue weighted by Crippen LogP contribution is -2.39. The molecule has 1 aliphatic heterocycles. The normalized spacial score (nSPS) is 13.9. The summed E-state index contributed by atoms with van der Waals surface area (Å²) in [6, 6.07) is 10.4. The Morgan fingerprint density at radius 3 is 2.42 bits per heavy atom. The zero-order valence-electron chi connectivity index (χ0n) is 18.5. The molecular weight excluding hydrogens is 448 g/mol. The Bertz CT molecular complexity index is 1180. The van der Waals surface area contributed by atoms with Gasteiger partial charge in [-0.1, -0.05) is 18.2 Å². The fraction of sp³-hybridized carbons (Fsp3) is 0.364. The third-order valence-electron chi connectivity index (χ3n) is 5.43. The monoisotopic (exact) mass is 474 g/mol. The molecule has 1 fully saturated rings. The molecule has 10 nitrogen and oxygen atoms in total. The van der Waals surface area contributed by atoms with Crippen LogP contribution < -0.4 is 9.62 Å². The van der Waals surface area contributed by atoms with Crippen LogP contribution in [0.1, 0.15) is 35.2 Å². The molecule has 2 aromatic carbocycles. The number of nitro benzene ring substituents is 1. The first kappa shape index (κ1) is 24.2. The van der Waals surface area contributed by atoms with E-state index in [1.54, 1.807) is 36.1 Å². The smallest absolute Gasteiger partial charge is 0.271 e. The van der Waals surface area contributed by atoms with Gasteiger partial charge in [-0.3, -0.25) is 24.0 Å². The van der Waals surface area contributed by atoms with E-state index in [0.29, 0.717) is 24.2 Å². The third kappa shape index (κ3) is 5.86. The number of anilines is 2. The quantitative estimate of drug-likeness (QED) is 0.485. The zero-order valence-corrected chi connectivity index (χ0v) is 19.3. The lowest BCUT2D eigenvalue weighted by molar-refractivity contribution is -0.384. The van der Waals surface area contributed by atoms with Gasteiger partial charge in [-0.05, 0) is 43.9 Å². The number of rotatable bonds is 7. The Labute approximate surface area is 192 Å². The van der Waals surface area contributed by atoms with Crippen molar-refractivity contribution in [2.75, 3.05) is 35.5 Å². The van der Waals surface area contributed by atoms with Crippen LogP contribution in [0.4, 0.5) is 17.1 Å². The fourth-order valence-corrected chi connectivity index (χ4v) is 4.63. The summed E-state index contributed by atoms with van der Waals surface area (Å²) in [6.07, 6.45) is 3.84. The number of piperidine rings is 1. The summed E-state index contributed by atoms with van der Waals surface area (Å²) in [5.74, 6) is -0.870. The van der Waals surface area contributed by atoms with Gasteiger partial charge in [0.25, 0.3) is 11.6 Å². The van der Waals surface area contributed by atoms with E-state index in [1.807, 2.05) is 0 Å². The number of carbonyl (C=O) groups is 2. The van der Waals surface area contributed by atoms with Crippen LogP contribution in [-0.4, -0.2) is 55.9 Å². The Morgan fingerprint density at radius 1 is 1.12 bits per heavy atom. The molecule has 0 saturated carbocycles. The average molecular weight is 475 g/mol. The first-order chi connectivity index (χ1) is 15.6. The maximum Gasteiger partial charge on any atom is 0.271 e. The van der Waals surface area contributed by atoms with E-state index in [-0.39, 0.29) is 23.0 Å². The van der Waals surface area contributed by atoms with E-state index in [9.17, 15) is 28.1 Å². The number of hydrogen-bond donors (Lipinski definition) is 1. The maximum absolute atomic E-state index is 13.0. The number of nitro groups is 1. The highest BCUT2D eigenvalue weighted by molar-refractivity contribution is 7.92. The molecule has 33 heavy (non-hydrogen) atoms. The van der Waals surface area contributed by atoms with Gasteiger partial charge in [0.1, 0.15) is 6.54 Å². The number of amides is 2. The summed E-state index contributed by atoms with van der Waals surface area (Å²) in [5.41, 5.74) is 0.814. The van der Waals surface area contributed by atoms with Crippen LogP contribution in [0.2, 0.25) is 0 Å². The number of para-hydroxylation sites is 1. The summed E-state index contributed by atoms with van der Waals surface area (Å²) in [4.78, 5) is 38.1. The number of nitrogens with zero attached hydrogens (tertiary/aromatic N) is 3. The minimum Gasteiger partial charge on any atom is -0.339 e. The number of likely N-dealkylation sites (tertiary alicyclic amines) is 1. The number of sulfonamides is 1. The van der Waals surface area contributed by atoms with E-state index in [4.69, 9.17) is 0 Å². The molecule has 0 aromatic heterocycles. The number of aryl methyl sites for hydroxylation is 1. The molecule has 1 aliphatic rings. The van der Waals surface area contributed by atoms with Crippen molar-refractivity contribution in [1.82, 2.24) is 4.90 Å². The van der Waals surface area contributed by atoms with E-state index in [1.165, 1.54) is 12.1 Å². The number of carbonyl (C=O) groups excluding carboxylic acids is 2. The van der Waals surface area contributed by atoms with Crippen molar-refractivity contribution >= 4 is 38.9 Å². The molecule has 3 rings (SSSR count). The SMILES string of the molecule is Cc1ccc([N+](=O)[O-])cc1N(CC(=O)Nc1ccccc1C(=O)N1CCCCC1)S(C)(=O)=O. The highest BCUT2D eigenvalue weighted by Crippen LogP contribution is 2.28. The van der Waals surface area contributed by atoms with Gasteiger partial charge in [-0.2, -0.15) is 0 Å². The molecule has 2 aromatic rings. The summed E-state index contributed by atoms with van der Waals surface area (Å²) >= 11 is 0. The van der Waals surface area contributed by atoms with Crippen LogP contribution in [-0.2, 0) is 14.8 Å². The Balaban J connectivity index is 1.85. The number of benzene rings is 2. The summed E-state index contributed by atoms with van der Waals surface area (Å²) in [5, 5.41) is 13.8. The predicted molar refractivity (Wildman–Crippen MR) is 125 cm³/mol. The predicted octanol–water partition coefficient (Wildman–Crippen LogP) is 2.93. The van der Waals surface area contributed by atoms with Crippen LogP contribution in [0.3, 0.4) is 0 Å². The molecule has 2 amide bonds. The van der Waals surface area contributed by atoms with Crippen molar-refractivity contribution in [2.24, 2.45) is 0 Å². The fourth-order valence-electron chi connectivity index (χ4n) is 3.73. The number of hydrogen-bond acceptors (Lipinski definition) is 6. The van der Waals surface area contributed by atoms with Crippen LogP contribution in [0.25, 0.3) is 0 Å². The third-order valence-corrected chi connectivity index (χ3v) is 6.56. The second-order valence-electron chi connectivity index (χ2n) is 7.94. The van der Waals surface area contributed by atoms with Gasteiger partial charge in [-0.25, -0.2) is 8.42 Å². The van der Waals surface area contributed by atoms with Crippen molar-refractivity contribution in [1.29, 1.82) is 0 Å². The van der Waals surface area contributed by atoms with Crippen LogP contribution in [0.15, 0.2) is 42.5 Å². The van der Waals surface area contributed by atoms with Crippen molar-refractivity contribution < 1.29 is 22.9 Å². The van der Waals surface area contributed by atoms with Crippen LogP contribution in [0.5, 0.6) is 0 Å². The standard InChI is InChI=1S/C22H26N4O6S/c1-16-10-11-17(26(29)30)14-20(16)25(33(2,31)32)15-21(27)23-19-9-5-4-8-18(19)22(28)24-12-6-3-7-13-24/h4-5,8-11,14H,3,6-7,12-13,15H2,1-2H3,(H,23,27). The van der Waals surface area contributed by atoms with Gasteiger partial charge in [0.05, 0.1) is 28.1 Å². The van der Waals surface area contributed by atoms with Crippen molar-refractivity contribution in [3.8, 4) is 0 Å². The van der Waals surface area contributed by atoms with E-state index in [2.05, 4.69) is 5.32 Å². The lowest BCUT2D eigenvalue weighted by atomic mass is 10.1. The van der Waals surface area contributed by atoms with Gasteiger partial charge in [0, 0.05) is 25.2 Å². The highest BCUT2D eigenvalue weighted by Gasteiger charge is 2.26. The lowest BCUT2D eigenvalue weighted by Gasteiger charge is -2.27. The maximum atomic E-state index is 13.0. The Kier molecular flexibility index (Phi) is 7.32. The van der Waals surface area contributed by atoms with Crippen molar-refractivity contribution in [3.05, 3.63) is 63.7 Å². The highest BCUT2D eigenvalue weighted by atomic mass is 32.2. The van der Waals surface area contributed by atoms with E-state index >= 15 is 0 Å².